The highest BCUT2D eigenvalue weighted by Crippen LogP contribution is 2.24. The maximum Gasteiger partial charge on any atom is 0.326 e. The van der Waals surface area contributed by atoms with Crippen molar-refractivity contribution in [2.75, 3.05) is 13.7 Å². The standard InChI is InChI=1S/C16H16ClN3O4/c1-24-11-6-14(16(22)23)20(8-11)15(21)13-7-12(18-19-13)9-2-4-10(17)5-3-9/h2-5,7,11,14H,6,8H2,1H3,(H,18,19)(H,22,23). The number of amides is 1. The number of halogens is 1. The van der Waals surface area contributed by atoms with E-state index in [1.54, 1.807) is 30.3 Å². The fourth-order valence-electron chi connectivity index (χ4n) is 2.78. The van der Waals surface area contributed by atoms with Crippen LogP contribution in [0, 0.1) is 0 Å². The molecule has 2 unspecified atom stereocenters. The zero-order valence-corrected chi connectivity index (χ0v) is 13.7. The topological polar surface area (TPSA) is 95.5 Å². The number of H-pyrrole nitrogens is 1. The van der Waals surface area contributed by atoms with Gasteiger partial charge in [0, 0.05) is 30.7 Å². The van der Waals surface area contributed by atoms with E-state index in [9.17, 15) is 14.7 Å². The molecule has 1 saturated heterocycles. The number of carboxylic acid groups (broad SMARTS) is 1. The molecule has 0 bridgehead atoms. The number of carbonyl (C=O) groups is 2. The molecule has 0 radical (unpaired) electrons. The second-order valence-corrected chi connectivity index (χ2v) is 6.02. The predicted octanol–water partition coefficient (Wildman–Crippen LogP) is 2.04. The Kier molecular flexibility index (Phi) is 4.55. The number of hydrogen-bond donors (Lipinski definition) is 2. The lowest BCUT2D eigenvalue weighted by molar-refractivity contribution is -0.141. The Hall–Kier alpha value is -2.38. The molecule has 1 aliphatic rings. The smallest absolute Gasteiger partial charge is 0.326 e. The van der Waals surface area contributed by atoms with E-state index in [1.165, 1.54) is 12.0 Å². The van der Waals surface area contributed by atoms with E-state index in [1.807, 2.05) is 0 Å². The quantitative estimate of drug-likeness (QED) is 0.880. The Balaban J connectivity index is 1.82. The molecule has 0 aliphatic carbocycles. The second-order valence-electron chi connectivity index (χ2n) is 5.58. The average Bonchev–Trinajstić information content (AvgIpc) is 3.22. The number of ether oxygens (including phenoxy) is 1. The van der Waals surface area contributed by atoms with Crippen LogP contribution in [0.25, 0.3) is 11.3 Å². The lowest BCUT2D eigenvalue weighted by Gasteiger charge is -2.20. The minimum absolute atomic E-state index is 0.238. The molecule has 1 aromatic carbocycles. The van der Waals surface area contributed by atoms with Gasteiger partial charge in [0.05, 0.1) is 11.8 Å². The fourth-order valence-corrected chi connectivity index (χ4v) is 2.91. The first kappa shape index (κ1) is 16.5. The molecule has 7 nitrogen and oxygen atoms in total. The van der Waals surface area contributed by atoms with Gasteiger partial charge in [-0.05, 0) is 18.2 Å². The Morgan fingerprint density at radius 1 is 1.38 bits per heavy atom. The minimum atomic E-state index is -1.04. The summed E-state index contributed by atoms with van der Waals surface area (Å²) in [6, 6.07) is 7.76. The van der Waals surface area contributed by atoms with Crippen molar-refractivity contribution in [1.82, 2.24) is 15.1 Å². The van der Waals surface area contributed by atoms with Gasteiger partial charge in [0.1, 0.15) is 11.7 Å². The monoisotopic (exact) mass is 349 g/mol. The molecule has 24 heavy (non-hydrogen) atoms. The maximum absolute atomic E-state index is 12.6. The molecule has 1 amide bonds. The van der Waals surface area contributed by atoms with Crippen LogP contribution < -0.4 is 0 Å². The van der Waals surface area contributed by atoms with E-state index < -0.39 is 17.9 Å². The Labute approximate surface area is 143 Å². The molecule has 1 aliphatic heterocycles. The van der Waals surface area contributed by atoms with Crippen molar-refractivity contribution in [3.05, 3.63) is 41.0 Å². The SMILES string of the molecule is COC1CC(C(=O)O)N(C(=O)c2cc(-c3ccc(Cl)cc3)n[nH]2)C1. The zero-order valence-electron chi connectivity index (χ0n) is 12.9. The number of aromatic amines is 1. The summed E-state index contributed by atoms with van der Waals surface area (Å²) in [5, 5.41) is 16.7. The molecule has 2 atom stereocenters. The van der Waals surface area contributed by atoms with Crippen LogP contribution in [0.4, 0.5) is 0 Å². The van der Waals surface area contributed by atoms with Crippen LogP contribution in [0.15, 0.2) is 30.3 Å². The van der Waals surface area contributed by atoms with E-state index >= 15 is 0 Å². The van der Waals surface area contributed by atoms with Crippen molar-refractivity contribution in [1.29, 1.82) is 0 Å². The highest BCUT2D eigenvalue weighted by molar-refractivity contribution is 6.30. The van der Waals surface area contributed by atoms with Crippen molar-refractivity contribution < 1.29 is 19.4 Å². The molecule has 2 N–H and O–H groups in total. The van der Waals surface area contributed by atoms with Crippen molar-refractivity contribution >= 4 is 23.5 Å². The van der Waals surface area contributed by atoms with Gasteiger partial charge in [-0.3, -0.25) is 9.89 Å². The summed E-state index contributed by atoms with van der Waals surface area (Å²) in [7, 11) is 1.51. The van der Waals surface area contributed by atoms with Crippen molar-refractivity contribution in [3.8, 4) is 11.3 Å². The van der Waals surface area contributed by atoms with E-state index in [4.69, 9.17) is 16.3 Å². The first-order valence-electron chi connectivity index (χ1n) is 7.37. The van der Waals surface area contributed by atoms with Gasteiger partial charge in [-0.1, -0.05) is 23.7 Å². The molecule has 0 saturated carbocycles. The summed E-state index contributed by atoms with van der Waals surface area (Å²) in [5.74, 6) is -1.45. The van der Waals surface area contributed by atoms with E-state index in [0.29, 0.717) is 10.7 Å². The molecule has 0 spiro atoms. The Morgan fingerprint density at radius 2 is 2.08 bits per heavy atom. The third-order valence-electron chi connectivity index (χ3n) is 4.09. The van der Waals surface area contributed by atoms with Crippen molar-refractivity contribution in [2.45, 2.75) is 18.6 Å². The van der Waals surface area contributed by atoms with Crippen LogP contribution in [0.3, 0.4) is 0 Å². The summed E-state index contributed by atoms with van der Waals surface area (Å²) >= 11 is 5.86. The third kappa shape index (κ3) is 3.13. The number of nitrogens with one attached hydrogen (secondary N) is 1. The number of rotatable bonds is 4. The number of benzene rings is 1. The number of hydrogen-bond acceptors (Lipinski definition) is 4. The summed E-state index contributed by atoms with van der Waals surface area (Å²) in [5.41, 5.74) is 1.63. The first-order chi connectivity index (χ1) is 11.5. The normalized spacial score (nSPS) is 20.3. The molecule has 3 rings (SSSR count). The van der Waals surface area contributed by atoms with Crippen LogP contribution >= 0.6 is 11.6 Å². The summed E-state index contributed by atoms with van der Waals surface area (Å²) in [6.07, 6.45) is -0.0100. The summed E-state index contributed by atoms with van der Waals surface area (Å²) in [6.45, 7) is 0.238. The highest BCUT2D eigenvalue weighted by atomic mass is 35.5. The highest BCUT2D eigenvalue weighted by Gasteiger charge is 2.40. The van der Waals surface area contributed by atoms with Gasteiger partial charge in [-0.25, -0.2) is 4.79 Å². The Morgan fingerprint density at radius 3 is 2.71 bits per heavy atom. The number of carbonyl (C=O) groups excluding carboxylic acids is 1. The van der Waals surface area contributed by atoms with Gasteiger partial charge in [0.25, 0.3) is 5.91 Å². The van der Waals surface area contributed by atoms with Gasteiger partial charge < -0.3 is 14.7 Å². The van der Waals surface area contributed by atoms with E-state index in [0.717, 1.165) is 5.56 Å². The zero-order chi connectivity index (χ0) is 17.3. The van der Waals surface area contributed by atoms with Crippen LogP contribution in [-0.2, 0) is 9.53 Å². The molecular weight excluding hydrogens is 334 g/mol. The molecule has 2 heterocycles. The third-order valence-corrected chi connectivity index (χ3v) is 4.34. The largest absolute Gasteiger partial charge is 0.480 e. The maximum atomic E-state index is 12.6. The van der Waals surface area contributed by atoms with Crippen LogP contribution in [0.5, 0.6) is 0 Å². The summed E-state index contributed by atoms with van der Waals surface area (Å²) < 4.78 is 5.20. The lowest BCUT2D eigenvalue weighted by Crippen LogP contribution is -2.40. The molecule has 1 aromatic heterocycles. The van der Waals surface area contributed by atoms with Gasteiger partial charge in [0.15, 0.2) is 0 Å². The van der Waals surface area contributed by atoms with Crippen molar-refractivity contribution in [2.24, 2.45) is 0 Å². The molecule has 8 heteroatoms. The number of aliphatic carboxylic acids is 1. The number of likely N-dealkylation sites (tertiary alicyclic amines) is 1. The number of aromatic nitrogens is 2. The average molecular weight is 350 g/mol. The van der Waals surface area contributed by atoms with Gasteiger partial charge in [0.2, 0.25) is 0 Å². The van der Waals surface area contributed by atoms with E-state index in [2.05, 4.69) is 10.2 Å². The van der Waals surface area contributed by atoms with Gasteiger partial charge in [-0.15, -0.1) is 0 Å². The van der Waals surface area contributed by atoms with Gasteiger partial charge >= 0.3 is 5.97 Å². The molecule has 2 aromatic rings. The molecule has 1 fully saturated rings. The minimum Gasteiger partial charge on any atom is -0.480 e. The molecule has 126 valence electrons. The number of nitrogens with zero attached hydrogens (tertiary/aromatic N) is 2. The first-order valence-corrected chi connectivity index (χ1v) is 7.75. The van der Waals surface area contributed by atoms with Crippen LogP contribution in [-0.4, -0.2) is 57.9 Å². The second kappa shape index (κ2) is 6.62. The lowest BCUT2D eigenvalue weighted by atomic mass is 10.1. The van der Waals surface area contributed by atoms with Crippen molar-refractivity contribution in [3.63, 3.8) is 0 Å². The molecular formula is C16H16ClN3O4. The number of methoxy groups -OCH3 is 1. The Bertz CT molecular complexity index is 759. The van der Waals surface area contributed by atoms with Gasteiger partial charge in [-0.2, -0.15) is 5.10 Å². The number of carboxylic acids is 1. The summed E-state index contributed by atoms with van der Waals surface area (Å²) in [4.78, 5) is 25.3. The predicted molar refractivity (Wildman–Crippen MR) is 86.9 cm³/mol. The fraction of sp³-hybridized carbons (Fsp3) is 0.312. The van der Waals surface area contributed by atoms with Crippen LogP contribution in [0.1, 0.15) is 16.9 Å². The van der Waals surface area contributed by atoms with E-state index in [-0.39, 0.29) is 24.8 Å². The van der Waals surface area contributed by atoms with Crippen LogP contribution in [0.2, 0.25) is 5.02 Å².